The van der Waals surface area contributed by atoms with E-state index in [4.69, 9.17) is 10.3 Å². The van der Waals surface area contributed by atoms with Gasteiger partial charge in [-0.05, 0) is 18.8 Å². The van der Waals surface area contributed by atoms with E-state index in [0.717, 1.165) is 6.42 Å². The fourth-order valence-electron chi connectivity index (χ4n) is 3.19. The molecule has 0 aromatic carbocycles. The van der Waals surface area contributed by atoms with E-state index in [1.807, 2.05) is 34.6 Å². The first-order valence-corrected chi connectivity index (χ1v) is 10.9. The average molecular weight is 435 g/mol. The number of nitrogen functional groups attached to an aromatic ring is 1. The summed E-state index contributed by atoms with van der Waals surface area (Å²) < 4.78 is 6.54. The Bertz CT molecular complexity index is 988. The highest BCUT2D eigenvalue weighted by Crippen LogP contribution is 2.20. The molecule has 0 fully saturated rings. The van der Waals surface area contributed by atoms with Gasteiger partial charge in [0.05, 0.1) is 0 Å². The molecule has 172 valence electrons. The normalized spacial score (nSPS) is 11.5. The van der Waals surface area contributed by atoms with Crippen LogP contribution in [0.3, 0.4) is 0 Å². The average Bonchev–Trinajstić information content (AvgIpc) is 3.16. The summed E-state index contributed by atoms with van der Waals surface area (Å²) in [5, 5.41) is 3.93. The van der Waals surface area contributed by atoms with Crippen LogP contribution in [0.5, 0.6) is 0 Å². The zero-order valence-electron chi connectivity index (χ0n) is 19.1. The van der Waals surface area contributed by atoms with E-state index in [9.17, 15) is 14.4 Å². The van der Waals surface area contributed by atoms with Crippen LogP contribution >= 0.6 is 0 Å². The summed E-state index contributed by atoms with van der Waals surface area (Å²) in [4.78, 5) is 45.9. The highest BCUT2D eigenvalue weighted by molar-refractivity contribution is 5.95. The van der Waals surface area contributed by atoms with E-state index in [1.54, 1.807) is 0 Å². The number of carbonyl (C=O) groups excluding carboxylic acids is 1. The second-order valence-corrected chi connectivity index (χ2v) is 8.45. The number of anilines is 2. The number of aryl methyl sites for hydroxylation is 1. The van der Waals surface area contributed by atoms with Crippen molar-refractivity contribution >= 4 is 17.4 Å². The standard InChI is InChI=1S/C21H34N6O4/c1-6-7-11-26(16(28)10-8-9-15-23-19(14(4)5)25-31-15)17-18(22)27(12-13(2)3)21(30)24-20(17)29/h13-14H,6-12,22H2,1-5H3,(H,24,29,30). The van der Waals surface area contributed by atoms with Crippen LogP contribution in [0, 0.1) is 5.92 Å². The molecule has 2 rings (SSSR count). The van der Waals surface area contributed by atoms with Crippen molar-refractivity contribution in [3.05, 3.63) is 32.6 Å². The molecule has 0 unspecified atom stereocenters. The Morgan fingerprint density at radius 1 is 1.23 bits per heavy atom. The van der Waals surface area contributed by atoms with Gasteiger partial charge in [0.2, 0.25) is 11.8 Å². The molecule has 0 aliphatic carbocycles. The van der Waals surface area contributed by atoms with Crippen LogP contribution in [-0.4, -0.2) is 32.1 Å². The minimum absolute atomic E-state index is 0.0189. The molecule has 2 heterocycles. The molecule has 0 saturated carbocycles. The summed E-state index contributed by atoms with van der Waals surface area (Å²) in [5.41, 5.74) is 5.03. The topological polar surface area (TPSA) is 140 Å². The van der Waals surface area contributed by atoms with Gasteiger partial charge in [0.15, 0.2) is 11.5 Å². The molecule has 2 aromatic rings. The van der Waals surface area contributed by atoms with Crippen LogP contribution in [0.2, 0.25) is 0 Å². The summed E-state index contributed by atoms with van der Waals surface area (Å²) in [6.07, 6.45) is 2.68. The van der Waals surface area contributed by atoms with Crippen molar-refractivity contribution in [2.45, 2.75) is 79.2 Å². The van der Waals surface area contributed by atoms with Crippen LogP contribution in [0.4, 0.5) is 11.5 Å². The number of aromatic nitrogens is 4. The zero-order valence-corrected chi connectivity index (χ0v) is 19.1. The molecule has 10 heteroatoms. The van der Waals surface area contributed by atoms with Crippen molar-refractivity contribution in [2.24, 2.45) is 5.92 Å². The molecule has 0 atom stereocenters. The molecule has 0 aliphatic heterocycles. The number of nitrogens with zero attached hydrogens (tertiary/aromatic N) is 4. The quantitative estimate of drug-likeness (QED) is 0.553. The first kappa shape index (κ1) is 24.4. The van der Waals surface area contributed by atoms with Crippen molar-refractivity contribution in [2.75, 3.05) is 17.2 Å². The van der Waals surface area contributed by atoms with E-state index >= 15 is 0 Å². The molecule has 10 nitrogen and oxygen atoms in total. The van der Waals surface area contributed by atoms with Crippen molar-refractivity contribution in [1.29, 1.82) is 0 Å². The van der Waals surface area contributed by atoms with E-state index in [2.05, 4.69) is 15.1 Å². The number of amides is 1. The van der Waals surface area contributed by atoms with Gasteiger partial charge < -0.3 is 15.2 Å². The fourth-order valence-corrected chi connectivity index (χ4v) is 3.19. The zero-order chi connectivity index (χ0) is 23.1. The molecule has 0 radical (unpaired) electrons. The molecule has 1 amide bonds. The lowest BCUT2D eigenvalue weighted by Gasteiger charge is -2.25. The van der Waals surface area contributed by atoms with Crippen LogP contribution < -0.4 is 21.9 Å². The minimum Gasteiger partial charge on any atom is -0.383 e. The fraction of sp³-hybridized carbons (Fsp3) is 0.667. The Balaban J connectivity index is 2.23. The molecule has 0 aliphatic rings. The Morgan fingerprint density at radius 2 is 1.94 bits per heavy atom. The molecule has 0 spiro atoms. The van der Waals surface area contributed by atoms with Crippen molar-refractivity contribution < 1.29 is 9.32 Å². The summed E-state index contributed by atoms with van der Waals surface area (Å²) in [7, 11) is 0. The summed E-state index contributed by atoms with van der Waals surface area (Å²) in [6.45, 7) is 10.5. The molecule has 0 bridgehead atoms. The number of carbonyl (C=O) groups is 1. The van der Waals surface area contributed by atoms with Gasteiger partial charge in [0.25, 0.3) is 5.56 Å². The Kier molecular flexibility index (Phi) is 8.58. The van der Waals surface area contributed by atoms with Gasteiger partial charge in [-0.2, -0.15) is 4.98 Å². The molecule has 3 N–H and O–H groups in total. The van der Waals surface area contributed by atoms with E-state index in [0.29, 0.717) is 44.1 Å². The van der Waals surface area contributed by atoms with Gasteiger partial charge in [-0.15, -0.1) is 0 Å². The molecule has 2 aromatic heterocycles. The van der Waals surface area contributed by atoms with Crippen molar-refractivity contribution in [3.8, 4) is 0 Å². The van der Waals surface area contributed by atoms with Gasteiger partial charge in [-0.3, -0.25) is 19.1 Å². The second-order valence-electron chi connectivity index (χ2n) is 8.45. The lowest BCUT2D eigenvalue weighted by Crippen LogP contribution is -2.42. The third-order valence-corrected chi connectivity index (χ3v) is 4.85. The molecular formula is C21H34N6O4. The largest absolute Gasteiger partial charge is 0.383 e. The Labute approximate surface area is 181 Å². The Hall–Kier alpha value is -2.91. The number of H-pyrrole nitrogens is 1. The number of nitrogens with two attached hydrogens (primary N) is 1. The van der Waals surface area contributed by atoms with Crippen LogP contribution in [-0.2, 0) is 17.8 Å². The minimum atomic E-state index is -0.648. The number of aromatic amines is 1. The third kappa shape index (κ3) is 6.28. The van der Waals surface area contributed by atoms with Crippen LogP contribution in [0.1, 0.15) is 77.9 Å². The number of nitrogens with one attached hydrogen (secondary N) is 1. The third-order valence-electron chi connectivity index (χ3n) is 4.85. The first-order valence-electron chi connectivity index (χ1n) is 10.9. The van der Waals surface area contributed by atoms with Gasteiger partial charge in [0, 0.05) is 31.8 Å². The number of rotatable bonds is 11. The monoisotopic (exact) mass is 434 g/mol. The predicted octanol–water partition coefficient (Wildman–Crippen LogP) is 2.44. The summed E-state index contributed by atoms with van der Waals surface area (Å²) in [5.74, 6) is 1.22. The first-order chi connectivity index (χ1) is 14.6. The maximum Gasteiger partial charge on any atom is 0.330 e. The summed E-state index contributed by atoms with van der Waals surface area (Å²) in [6, 6.07) is 0. The Morgan fingerprint density at radius 3 is 2.52 bits per heavy atom. The molecule has 31 heavy (non-hydrogen) atoms. The maximum atomic E-state index is 13.0. The lowest BCUT2D eigenvalue weighted by atomic mass is 10.2. The van der Waals surface area contributed by atoms with Gasteiger partial charge >= 0.3 is 5.69 Å². The van der Waals surface area contributed by atoms with Gasteiger partial charge in [0.1, 0.15) is 5.82 Å². The highest BCUT2D eigenvalue weighted by Gasteiger charge is 2.24. The second kappa shape index (κ2) is 10.9. The van der Waals surface area contributed by atoms with Crippen LogP contribution in [0.15, 0.2) is 14.1 Å². The highest BCUT2D eigenvalue weighted by atomic mass is 16.5. The van der Waals surface area contributed by atoms with E-state index in [-0.39, 0.29) is 35.7 Å². The van der Waals surface area contributed by atoms with E-state index < -0.39 is 11.2 Å². The predicted molar refractivity (Wildman–Crippen MR) is 119 cm³/mol. The summed E-state index contributed by atoms with van der Waals surface area (Å²) >= 11 is 0. The van der Waals surface area contributed by atoms with Gasteiger partial charge in [-0.1, -0.05) is 46.2 Å². The smallest absolute Gasteiger partial charge is 0.330 e. The maximum absolute atomic E-state index is 13.0. The van der Waals surface area contributed by atoms with Crippen LogP contribution in [0.25, 0.3) is 0 Å². The SMILES string of the molecule is CCCCN(C(=O)CCCc1nc(C(C)C)no1)c1c(N)n(CC(C)C)c(=O)[nH]c1=O. The number of hydrogen-bond donors (Lipinski definition) is 2. The molecular weight excluding hydrogens is 400 g/mol. The lowest BCUT2D eigenvalue weighted by molar-refractivity contribution is -0.118. The van der Waals surface area contributed by atoms with Gasteiger partial charge in [-0.25, -0.2) is 4.79 Å². The molecule has 0 saturated heterocycles. The van der Waals surface area contributed by atoms with Crippen molar-refractivity contribution in [1.82, 2.24) is 19.7 Å². The van der Waals surface area contributed by atoms with E-state index in [1.165, 1.54) is 9.47 Å². The number of unbranched alkanes of at least 4 members (excludes halogenated alkanes) is 1. The van der Waals surface area contributed by atoms with Crippen molar-refractivity contribution in [3.63, 3.8) is 0 Å². The number of hydrogen-bond acceptors (Lipinski definition) is 7.